The molecule has 24 heavy (non-hydrogen) atoms. The number of carboxylic acids is 1. The molecule has 0 unspecified atom stereocenters. The third-order valence-electron chi connectivity index (χ3n) is 4.19. The second-order valence-electron chi connectivity index (χ2n) is 5.94. The Morgan fingerprint density at radius 3 is 2.29 bits per heavy atom. The Bertz CT molecular complexity index is 836. The molecule has 6 nitrogen and oxygen atoms in total. The lowest BCUT2D eigenvalue weighted by molar-refractivity contribution is -0.136. The molecule has 0 aliphatic heterocycles. The zero-order chi connectivity index (χ0) is 18.0. The van der Waals surface area contributed by atoms with Crippen LogP contribution in [0.25, 0.3) is 10.9 Å². The number of ether oxygens (including phenoxy) is 2. The van der Waals surface area contributed by atoms with Crippen molar-refractivity contribution in [3.05, 3.63) is 33.6 Å². The lowest BCUT2D eigenvalue weighted by Gasteiger charge is -2.23. The highest BCUT2D eigenvalue weighted by Gasteiger charge is 2.22. The van der Waals surface area contributed by atoms with E-state index in [0.29, 0.717) is 28.0 Å². The Balaban J connectivity index is 2.97. The summed E-state index contributed by atoms with van der Waals surface area (Å²) in [4.78, 5) is 24.0. The summed E-state index contributed by atoms with van der Waals surface area (Å²) in [6, 6.07) is 3.54. The number of benzene rings is 1. The average Bonchev–Trinajstić information content (AvgIpc) is 2.53. The minimum Gasteiger partial charge on any atom is -0.496 e. The van der Waals surface area contributed by atoms with Crippen LogP contribution in [0.4, 0.5) is 0 Å². The van der Waals surface area contributed by atoms with Gasteiger partial charge < -0.3 is 19.1 Å². The van der Waals surface area contributed by atoms with Crippen molar-refractivity contribution in [2.24, 2.45) is 0 Å². The number of aliphatic carboxylic acids is 1. The number of rotatable bonds is 6. The second-order valence-corrected chi connectivity index (χ2v) is 5.94. The van der Waals surface area contributed by atoms with Gasteiger partial charge in [-0.05, 0) is 39.3 Å². The monoisotopic (exact) mass is 333 g/mol. The van der Waals surface area contributed by atoms with Gasteiger partial charge >= 0.3 is 5.97 Å². The molecule has 2 rings (SSSR count). The molecule has 1 aromatic heterocycles. The highest BCUT2D eigenvalue weighted by molar-refractivity contribution is 5.91. The van der Waals surface area contributed by atoms with Crippen LogP contribution < -0.4 is 14.9 Å². The van der Waals surface area contributed by atoms with Crippen LogP contribution >= 0.6 is 0 Å². The zero-order valence-electron chi connectivity index (χ0n) is 14.7. The minimum absolute atomic E-state index is 0.0673. The largest absolute Gasteiger partial charge is 0.496 e. The fourth-order valence-electron chi connectivity index (χ4n) is 3.15. The Hall–Kier alpha value is -2.50. The van der Waals surface area contributed by atoms with Gasteiger partial charge in [-0.15, -0.1) is 0 Å². The first kappa shape index (κ1) is 17.8. The summed E-state index contributed by atoms with van der Waals surface area (Å²) in [7, 11) is 3.07. The summed E-state index contributed by atoms with van der Waals surface area (Å²) >= 11 is 0. The molecule has 1 aromatic carbocycles. The van der Waals surface area contributed by atoms with E-state index < -0.39 is 5.97 Å². The number of carboxylic acid groups (broad SMARTS) is 1. The predicted molar refractivity (Wildman–Crippen MR) is 92.4 cm³/mol. The lowest BCUT2D eigenvalue weighted by atomic mass is 10.0. The highest BCUT2D eigenvalue weighted by atomic mass is 16.5. The van der Waals surface area contributed by atoms with Crippen LogP contribution in [0, 0.1) is 6.92 Å². The van der Waals surface area contributed by atoms with Gasteiger partial charge in [0.25, 0.3) is 0 Å². The number of fused-ring (bicyclic) bond motifs is 1. The van der Waals surface area contributed by atoms with E-state index in [2.05, 4.69) is 0 Å². The molecule has 0 radical (unpaired) electrons. The maximum atomic E-state index is 13.0. The maximum absolute atomic E-state index is 13.0. The van der Waals surface area contributed by atoms with Crippen LogP contribution in [0.1, 0.15) is 37.6 Å². The molecule has 0 saturated heterocycles. The number of nitrogens with zero attached hydrogens (tertiary/aromatic N) is 1. The summed E-state index contributed by atoms with van der Waals surface area (Å²) in [5.74, 6) is 0.119. The van der Waals surface area contributed by atoms with Gasteiger partial charge in [0.2, 0.25) is 0 Å². The third kappa shape index (κ3) is 2.96. The van der Waals surface area contributed by atoms with Crippen LogP contribution in [-0.2, 0) is 11.2 Å². The molecular formula is C18H23NO5. The van der Waals surface area contributed by atoms with Crippen molar-refractivity contribution in [2.75, 3.05) is 14.2 Å². The molecule has 1 heterocycles. The van der Waals surface area contributed by atoms with Crippen molar-refractivity contribution in [1.82, 2.24) is 4.57 Å². The molecular weight excluding hydrogens is 310 g/mol. The SMILES string of the molecule is COc1ccc(OC)c2c1c(=O)c(CCC(=O)O)c(C)n2C(C)C. The first-order valence-corrected chi connectivity index (χ1v) is 7.83. The molecule has 0 spiro atoms. The van der Waals surface area contributed by atoms with Gasteiger partial charge in [-0.25, -0.2) is 0 Å². The summed E-state index contributed by atoms with van der Waals surface area (Å²) in [6.45, 7) is 5.87. The number of carbonyl (C=O) groups is 1. The number of hydrogen-bond donors (Lipinski definition) is 1. The van der Waals surface area contributed by atoms with Gasteiger partial charge in [0.05, 0.1) is 25.1 Å². The Labute approximate surface area is 140 Å². The molecule has 0 bridgehead atoms. The first-order valence-electron chi connectivity index (χ1n) is 7.83. The lowest BCUT2D eigenvalue weighted by Crippen LogP contribution is -2.22. The molecule has 0 aliphatic carbocycles. The molecule has 2 aromatic rings. The standard InChI is InChI=1S/C18H23NO5/c1-10(2)19-11(3)12(6-9-15(20)21)18(22)16-13(23-4)7-8-14(24-5)17(16)19/h7-8,10H,6,9H2,1-5H3,(H,20,21). The number of aromatic nitrogens is 1. The van der Waals surface area contributed by atoms with E-state index in [9.17, 15) is 9.59 Å². The van der Waals surface area contributed by atoms with Crippen molar-refractivity contribution < 1.29 is 19.4 Å². The van der Waals surface area contributed by atoms with Gasteiger partial charge in [-0.2, -0.15) is 0 Å². The Morgan fingerprint density at radius 1 is 1.21 bits per heavy atom. The molecule has 0 aliphatic rings. The van der Waals surface area contributed by atoms with Crippen molar-refractivity contribution in [2.45, 2.75) is 39.7 Å². The van der Waals surface area contributed by atoms with Crippen molar-refractivity contribution in [1.29, 1.82) is 0 Å². The molecule has 6 heteroatoms. The van der Waals surface area contributed by atoms with Crippen molar-refractivity contribution >= 4 is 16.9 Å². The topological polar surface area (TPSA) is 77.8 Å². The molecule has 0 amide bonds. The van der Waals surface area contributed by atoms with Crippen molar-refractivity contribution in [3.63, 3.8) is 0 Å². The van der Waals surface area contributed by atoms with E-state index in [1.165, 1.54) is 7.11 Å². The van der Waals surface area contributed by atoms with Crippen LogP contribution in [0.5, 0.6) is 11.5 Å². The van der Waals surface area contributed by atoms with Crippen molar-refractivity contribution in [3.8, 4) is 11.5 Å². The average molecular weight is 333 g/mol. The fraction of sp³-hybridized carbons (Fsp3) is 0.444. The van der Waals surface area contributed by atoms with Gasteiger partial charge in [0.1, 0.15) is 11.5 Å². The van der Waals surface area contributed by atoms with E-state index in [1.54, 1.807) is 19.2 Å². The summed E-state index contributed by atoms with van der Waals surface area (Å²) in [5.41, 5.74) is 1.74. The second kappa shape index (κ2) is 6.95. The molecule has 130 valence electrons. The first-order chi connectivity index (χ1) is 11.3. The van der Waals surface area contributed by atoms with Gasteiger partial charge in [-0.3, -0.25) is 9.59 Å². The summed E-state index contributed by atoms with van der Waals surface area (Å²) in [5, 5.41) is 9.41. The minimum atomic E-state index is -0.928. The third-order valence-corrected chi connectivity index (χ3v) is 4.19. The van der Waals surface area contributed by atoms with E-state index in [4.69, 9.17) is 14.6 Å². The van der Waals surface area contributed by atoms with Gasteiger partial charge in [0, 0.05) is 23.7 Å². The summed E-state index contributed by atoms with van der Waals surface area (Å²) < 4.78 is 12.8. The number of methoxy groups -OCH3 is 2. The van der Waals surface area contributed by atoms with Crippen LogP contribution in [0.2, 0.25) is 0 Å². The fourth-order valence-corrected chi connectivity index (χ4v) is 3.15. The van der Waals surface area contributed by atoms with Crippen LogP contribution in [-0.4, -0.2) is 29.9 Å². The quantitative estimate of drug-likeness (QED) is 0.879. The summed E-state index contributed by atoms with van der Waals surface area (Å²) in [6.07, 6.45) is 0.0923. The van der Waals surface area contributed by atoms with Gasteiger partial charge in [0.15, 0.2) is 5.43 Å². The normalized spacial score (nSPS) is 11.1. The Morgan fingerprint density at radius 2 is 1.79 bits per heavy atom. The van der Waals surface area contributed by atoms with E-state index in [-0.39, 0.29) is 24.3 Å². The highest BCUT2D eigenvalue weighted by Crippen LogP contribution is 2.34. The van der Waals surface area contributed by atoms with E-state index in [0.717, 1.165) is 5.69 Å². The van der Waals surface area contributed by atoms with Gasteiger partial charge in [-0.1, -0.05) is 0 Å². The van der Waals surface area contributed by atoms with Crippen LogP contribution in [0.15, 0.2) is 16.9 Å². The smallest absolute Gasteiger partial charge is 0.303 e. The number of pyridine rings is 1. The maximum Gasteiger partial charge on any atom is 0.303 e. The van der Waals surface area contributed by atoms with E-state index >= 15 is 0 Å². The zero-order valence-corrected chi connectivity index (χ0v) is 14.7. The van der Waals surface area contributed by atoms with E-state index in [1.807, 2.05) is 25.3 Å². The molecule has 0 fully saturated rings. The van der Waals surface area contributed by atoms with Crippen LogP contribution in [0.3, 0.4) is 0 Å². The molecule has 0 saturated carbocycles. The molecule has 0 atom stereocenters. The number of hydrogen-bond acceptors (Lipinski definition) is 4. The molecule has 1 N–H and O–H groups in total. The Kier molecular flexibility index (Phi) is 5.17. The predicted octanol–water partition coefficient (Wildman–Crippen LogP) is 2.93.